The van der Waals surface area contributed by atoms with E-state index in [1.165, 1.54) is 6.33 Å². The van der Waals surface area contributed by atoms with Gasteiger partial charge in [-0.2, -0.15) is 10.2 Å². The van der Waals surface area contributed by atoms with Crippen molar-refractivity contribution in [3.8, 4) is 5.69 Å². The lowest BCUT2D eigenvalue weighted by Crippen LogP contribution is -2.30. The van der Waals surface area contributed by atoms with E-state index in [0.717, 1.165) is 36.6 Å². The number of rotatable bonds is 6. The van der Waals surface area contributed by atoms with Crippen molar-refractivity contribution >= 4 is 0 Å². The molecule has 1 aromatic carbocycles. The van der Waals surface area contributed by atoms with Crippen LogP contribution in [0.15, 0.2) is 48.9 Å². The molecule has 3 aromatic rings. The predicted octanol–water partition coefficient (Wildman–Crippen LogP) is 2.56. The predicted molar refractivity (Wildman–Crippen MR) is 93.2 cm³/mol. The number of H-pyrrole nitrogens is 1. The highest BCUT2D eigenvalue weighted by Crippen LogP contribution is 2.30. The summed E-state index contributed by atoms with van der Waals surface area (Å²) in [6, 6.07) is 12.4. The van der Waals surface area contributed by atoms with Gasteiger partial charge in [-0.1, -0.05) is 18.2 Å². The normalized spacial score (nSPS) is 21.5. The van der Waals surface area contributed by atoms with Gasteiger partial charge in [0.15, 0.2) is 5.82 Å². The van der Waals surface area contributed by atoms with Crippen LogP contribution in [-0.2, 0) is 4.74 Å². The van der Waals surface area contributed by atoms with Crippen LogP contribution in [-0.4, -0.2) is 37.6 Å². The van der Waals surface area contributed by atoms with Gasteiger partial charge in [-0.25, -0.2) is 9.67 Å². The highest BCUT2D eigenvalue weighted by Gasteiger charge is 2.28. The van der Waals surface area contributed by atoms with E-state index in [-0.39, 0.29) is 18.2 Å². The molecule has 25 heavy (non-hydrogen) atoms. The molecule has 0 spiro atoms. The lowest BCUT2D eigenvalue weighted by molar-refractivity contribution is 0.0389. The Morgan fingerprint density at radius 3 is 2.96 bits per heavy atom. The average molecular weight is 338 g/mol. The summed E-state index contributed by atoms with van der Waals surface area (Å²) in [4.78, 5) is 4.19. The second-order valence-electron chi connectivity index (χ2n) is 6.33. The molecule has 1 aliphatic heterocycles. The third-order valence-corrected chi connectivity index (χ3v) is 4.61. The Kier molecular flexibility index (Phi) is 4.58. The van der Waals surface area contributed by atoms with E-state index in [9.17, 15) is 0 Å². The maximum absolute atomic E-state index is 6.07. The summed E-state index contributed by atoms with van der Waals surface area (Å²) in [5.41, 5.74) is 2.20. The Hall–Kier alpha value is -2.51. The molecule has 1 aliphatic rings. The van der Waals surface area contributed by atoms with Crippen LogP contribution in [0.4, 0.5) is 0 Å². The number of benzene rings is 1. The molecule has 7 heteroatoms. The van der Waals surface area contributed by atoms with Crippen LogP contribution in [0.1, 0.15) is 43.4 Å². The van der Waals surface area contributed by atoms with Crippen LogP contribution in [0.3, 0.4) is 0 Å². The van der Waals surface area contributed by atoms with Gasteiger partial charge in [-0.15, -0.1) is 0 Å². The monoisotopic (exact) mass is 338 g/mol. The molecule has 0 bridgehead atoms. The summed E-state index contributed by atoms with van der Waals surface area (Å²) in [7, 11) is 0. The van der Waals surface area contributed by atoms with Crippen molar-refractivity contribution in [3.05, 3.63) is 60.4 Å². The molecule has 0 aliphatic carbocycles. The molecule has 3 heterocycles. The molecule has 7 nitrogen and oxygen atoms in total. The van der Waals surface area contributed by atoms with Crippen LogP contribution in [0, 0.1) is 0 Å². The smallest absolute Gasteiger partial charge is 0.153 e. The minimum atomic E-state index is 0.0273. The van der Waals surface area contributed by atoms with E-state index >= 15 is 0 Å². The summed E-state index contributed by atoms with van der Waals surface area (Å²) in [6.07, 6.45) is 5.56. The minimum Gasteiger partial charge on any atom is -0.366 e. The fraction of sp³-hybridized carbons (Fsp3) is 0.389. The van der Waals surface area contributed by atoms with Crippen molar-refractivity contribution in [1.29, 1.82) is 0 Å². The first-order valence-corrected chi connectivity index (χ1v) is 8.64. The zero-order valence-electron chi connectivity index (χ0n) is 14.2. The summed E-state index contributed by atoms with van der Waals surface area (Å²) in [5.74, 6) is 0.817. The van der Waals surface area contributed by atoms with E-state index in [4.69, 9.17) is 4.74 Å². The van der Waals surface area contributed by atoms with Gasteiger partial charge in [0.2, 0.25) is 0 Å². The second kappa shape index (κ2) is 7.16. The molecule has 1 fully saturated rings. The number of ether oxygens (including phenoxy) is 1. The van der Waals surface area contributed by atoms with Gasteiger partial charge >= 0.3 is 0 Å². The second-order valence-corrected chi connectivity index (χ2v) is 6.33. The van der Waals surface area contributed by atoms with Crippen molar-refractivity contribution in [1.82, 2.24) is 30.3 Å². The molecule has 2 N–H and O–H groups in total. The lowest BCUT2D eigenvalue weighted by atomic mass is 10.1. The van der Waals surface area contributed by atoms with Gasteiger partial charge in [-0.05, 0) is 38.0 Å². The van der Waals surface area contributed by atoms with Gasteiger partial charge in [0.05, 0.1) is 17.5 Å². The molecule has 1 unspecified atom stereocenters. The third-order valence-electron chi connectivity index (χ3n) is 4.61. The highest BCUT2D eigenvalue weighted by atomic mass is 16.5. The Morgan fingerprint density at radius 1 is 1.28 bits per heavy atom. The Balaban J connectivity index is 1.36. The maximum Gasteiger partial charge on any atom is 0.153 e. The van der Waals surface area contributed by atoms with Gasteiger partial charge in [0, 0.05) is 18.8 Å². The molecular weight excluding hydrogens is 316 g/mol. The van der Waals surface area contributed by atoms with E-state index in [0.29, 0.717) is 0 Å². The quantitative estimate of drug-likeness (QED) is 0.722. The Bertz CT molecular complexity index is 785. The van der Waals surface area contributed by atoms with Crippen LogP contribution in [0.2, 0.25) is 0 Å². The van der Waals surface area contributed by atoms with Gasteiger partial charge in [0.1, 0.15) is 12.4 Å². The molecular formula is C18H22N6O. The van der Waals surface area contributed by atoms with Crippen molar-refractivity contribution in [2.45, 2.75) is 38.0 Å². The van der Waals surface area contributed by atoms with Gasteiger partial charge < -0.3 is 10.1 Å². The Morgan fingerprint density at radius 2 is 2.16 bits per heavy atom. The largest absolute Gasteiger partial charge is 0.366 e. The zero-order valence-corrected chi connectivity index (χ0v) is 14.2. The zero-order chi connectivity index (χ0) is 17.1. The molecule has 0 saturated carbocycles. The van der Waals surface area contributed by atoms with Gasteiger partial charge in [0.25, 0.3) is 0 Å². The summed E-state index contributed by atoms with van der Waals surface area (Å²) in [5, 5.41) is 14.8. The molecule has 2 aromatic heterocycles. The number of hydrogen-bond donors (Lipinski definition) is 2. The number of hydrogen-bond acceptors (Lipinski definition) is 5. The van der Waals surface area contributed by atoms with Crippen LogP contribution < -0.4 is 5.32 Å². The summed E-state index contributed by atoms with van der Waals surface area (Å²) in [6.45, 7) is 2.95. The summed E-state index contributed by atoms with van der Waals surface area (Å²) < 4.78 is 8.05. The number of para-hydroxylation sites is 1. The summed E-state index contributed by atoms with van der Waals surface area (Å²) >= 11 is 0. The lowest BCUT2D eigenvalue weighted by Gasteiger charge is -2.19. The van der Waals surface area contributed by atoms with Crippen molar-refractivity contribution in [2.75, 3.05) is 6.54 Å². The van der Waals surface area contributed by atoms with E-state index in [1.807, 2.05) is 29.1 Å². The SMILES string of the molecule is CC(NC[C@H]1CC[C@@H](c2ncn[nH]2)O1)c1ccnn1-c1ccccc1. The number of aromatic amines is 1. The first-order valence-electron chi connectivity index (χ1n) is 8.64. The standard InChI is InChI=1S/C18H22N6O/c1-13(16-9-10-22-24(16)14-5-3-2-4-6-14)19-11-15-7-8-17(25-15)18-20-12-21-23-18/h2-6,9-10,12-13,15,17,19H,7-8,11H2,1H3,(H,20,21,23)/t13?,15-,17+/m1/s1. The highest BCUT2D eigenvalue weighted by molar-refractivity contribution is 5.33. The van der Waals surface area contributed by atoms with Crippen molar-refractivity contribution in [2.24, 2.45) is 0 Å². The first kappa shape index (κ1) is 16.0. The molecule has 4 rings (SSSR count). The first-order chi connectivity index (χ1) is 12.3. The molecule has 130 valence electrons. The van der Waals surface area contributed by atoms with Crippen molar-refractivity contribution < 1.29 is 4.74 Å². The topological polar surface area (TPSA) is 80.7 Å². The van der Waals surface area contributed by atoms with Gasteiger partial charge in [-0.3, -0.25) is 5.10 Å². The van der Waals surface area contributed by atoms with Crippen molar-refractivity contribution in [3.63, 3.8) is 0 Å². The molecule has 0 radical (unpaired) electrons. The molecule has 3 atom stereocenters. The molecule has 0 amide bonds. The number of nitrogens with one attached hydrogen (secondary N) is 2. The van der Waals surface area contributed by atoms with Crippen LogP contribution in [0.5, 0.6) is 0 Å². The van der Waals surface area contributed by atoms with Crippen LogP contribution >= 0.6 is 0 Å². The Labute approximate surface area is 146 Å². The maximum atomic E-state index is 6.07. The van der Waals surface area contributed by atoms with E-state index in [1.54, 1.807) is 0 Å². The third kappa shape index (κ3) is 3.47. The minimum absolute atomic E-state index is 0.0273. The average Bonchev–Trinajstić information content (AvgIpc) is 3.41. The number of nitrogens with zero attached hydrogens (tertiary/aromatic N) is 4. The molecule has 1 saturated heterocycles. The van der Waals surface area contributed by atoms with E-state index < -0.39 is 0 Å². The number of aromatic nitrogens is 5. The fourth-order valence-corrected chi connectivity index (χ4v) is 3.27. The van der Waals surface area contributed by atoms with Crippen LogP contribution in [0.25, 0.3) is 5.69 Å². The van der Waals surface area contributed by atoms with E-state index in [2.05, 4.69) is 50.7 Å². The fourth-order valence-electron chi connectivity index (χ4n) is 3.27.